The molecule has 3 N–H and O–H groups in total. The third kappa shape index (κ3) is 3.87. The zero-order valence-electron chi connectivity index (χ0n) is 13.5. The number of ether oxygens (including phenoxy) is 1. The van der Waals surface area contributed by atoms with Gasteiger partial charge >= 0.3 is 0 Å². The number of rotatable bonds is 6. The van der Waals surface area contributed by atoms with Crippen molar-refractivity contribution in [3.63, 3.8) is 0 Å². The summed E-state index contributed by atoms with van der Waals surface area (Å²) in [5, 5.41) is 13.3. The van der Waals surface area contributed by atoms with Crippen LogP contribution in [0.25, 0.3) is 10.9 Å². The van der Waals surface area contributed by atoms with Crippen LogP contribution in [-0.2, 0) is 11.2 Å². The number of aromatic nitrogens is 1. The summed E-state index contributed by atoms with van der Waals surface area (Å²) >= 11 is 0. The molecule has 5 heteroatoms. The molecule has 124 valence electrons. The summed E-state index contributed by atoms with van der Waals surface area (Å²) in [6.45, 7) is 2.26. The number of nitrogens with one attached hydrogen (secondary N) is 2. The molecule has 3 rings (SSSR count). The normalized spacial score (nSPS) is 12.0. The maximum atomic E-state index is 12.1. The van der Waals surface area contributed by atoms with E-state index in [-0.39, 0.29) is 11.7 Å². The number of carbonyl (C=O) groups excluding carboxylic acids is 1. The highest BCUT2D eigenvalue weighted by atomic mass is 16.5. The Kier molecular flexibility index (Phi) is 4.70. The Morgan fingerprint density at radius 3 is 2.79 bits per heavy atom. The fourth-order valence-electron chi connectivity index (χ4n) is 2.51. The predicted octanol–water partition coefficient (Wildman–Crippen LogP) is 3.00. The van der Waals surface area contributed by atoms with Gasteiger partial charge in [0.15, 0.2) is 6.10 Å². The van der Waals surface area contributed by atoms with Crippen LogP contribution >= 0.6 is 0 Å². The quantitative estimate of drug-likeness (QED) is 0.652. The van der Waals surface area contributed by atoms with E-state index in [0.29, 0.717) is 12.3 Å². The largest absolute Gasteiger partial charge is 0.508 e. The second kappa shape index (κ2) is 7.08. The molecule has 3 aromatic rings. The number of phenolic OH excluding ortho intramolecular Hbond substituents is 1. The maximum absolute atomic E-state index is 12.1. The van der Waals surface area contributed by atoms with E-state index < -0.39 is 6.10 Å². The monoisotopic (exact) mass is 324 g/mol. The number of aromatic hydroxyl groups is 1. The number of benzene rings is 2. The Morgan fingerprint density at radius 1 is 1.21 bits per heavy atom. The van der Waals surface area contributed by atoms with E-state index in [1.54, 1.807) is 19.1 Å². The van der Waals surface area contributed by atoms with Gasteiger partial charge in [0.1, 0.15) is 11.5 Å². The van der Waals surface area contributed by atoms with Crippen molar-refractivity contribution in [3.8, 4) is 11.5 Å². The summed E-state index contributed by atoms with van der Waals surface area (Å²) in [7, 11) is 0. The highest BCUT2D eigenvalue weighted by Crippen LogP contribution is 2.17. The van der Waals surface area contributed by atoms with Crippen LogP contribution in [0.3, 0.4) is 0 Å². The van der Waals surface area contributed by atoms with E-state index in [1.165, 1.54) is 23.1 Å². The number of hydrogen-bond donors (Lipinski definition) is 3. The molecule has 1 heterocycles. The Balaban J connectivity index is 1.48. The van der Waals surface area contributed by atoms with E-state index in [1.807, 2.05) is 18.3 Å². The van der Waals surface area contributed by atoms with E-state index in [9.17, 15) is 9.90 Å². The summed E-state index contributed by atoms with van der Waals surface area (Å²) in [6.07, 6.45) is 2.08. The van der Waals surface area contributed by atoms with Crippen molar-refractivity contribution in [3.05, 3.63) is 60.3 Å². The average molecular weight is 324 g/mol. The molecule has 0 aliphatic carbocycles. The fourth-order valence-corrected chi connectivity index (χ4v) is 2.51. The molecule has 0 spiro atoms. The van der Waals surface area contributed by atoms with Crippen molar-refractivity contribution in [1.29, 1.82) is 0 Å². The first-order valence-corrected chi connectivity index (χ1v) is 7.91. The Morgan fingerprint density at radius 2 is 2.00 bits per heavy atom. The van der Waals surface area contributed by atoms with Gasteiger partial charge in [0.2, 0.25) is 0 Å². The van der Waals surface area contributed by atoms with Crippen LogP contribution in [0.15, 0.2) is 54.7 Å². The molecule has 2 aromatic carbocycles. The molecule has 1 amide bonds. The standard InChI is InChI=1S/C19H20N2O3/c1-13(24-17-5-3-16(22)4-6-17)19(23)21-10-8-14-2-7-18-15(12-14)9-11-20-18/h2-7,9,11-13,20,22H,8,10H2,1H3,(H,21,23). The van der Waals surface area contributed by atoms with E-state index in [0.717, 1.165) is 11.9 Å². The first-order valence-electron chi connectivity index (χ1n) is 7.91. The van der Waals surface area contributed by atoms with Crippen LogP contribution in [0.1, 0.15) is 12.5 Å². The molecule has 0 bridgehead atoms. The van der Waals surface area contributed by atoms with Gasteiger partial charge in [0.25, 0.3) is 5.91 Å². The lowest BCUT2D eigenvalue weighted by atomic mass is 10.1. The summed E-state index contributed by atoms with van der Waals surface area (Å²) in [4.78, 5) is 15.2. The van der Waals surface area contributed by atoms with Crippen molar-refractivity contribution in [2.45, 2.75) is 19.4 Å². The Bertz CT molecular complexity index is 824. The van der Waals surface area contributed by atoms with Crippen molar-refractivity contribution in [2.24, 2.45) is 0 Å². The highest BCUT2D eigenvalue weighted by Gasteiger charge is 2.14. The number of H-pyrrole nitrogens is 1. The second-order valence-corrected chi connectivity index (χ2v) is 5.69. The van der Waals surface area contributed by atoms with Gasteiger partial charge < -0.3 is 20.1 Å². The van der Waals surface area contributed by atoms with Gasteiger partial charge in [0, 0.05) is 18.3 Å². The van der Waals surface area contributed by atoms with Crippen LogP contribution in [0, 0.1) is 0 Å². The van der Waals surface area contributed by atoms with Gasteiger partial charge in [-0.15, -0.1) is 0 Å². The molecular formula is C19H20N2O3. The van der Waals surface area contributed by atoms with Crippen molar-refractivity contribution >= 4 is 16.8 Å². The number of fused-ring (bicyclic) bond motifs is 1. The number of aromatic amines is 1. The molecule has 1 aromatic heterocycles. The number of amides is 1. The topological polar surface area (TPSA) is 74.3 Å². The van der Waals surface area contributed by atoms with Crippen molar-refractivity contribution in [1.82, 2.24) is 10.3 Å². The van der Waals surface area contributed by atoms with Gasteiger partial charge in [-0.2, -0.15) is 0 Å². The van der Waals surface area contributed by atoms with E-state index >= 15 is 0 Å². The molecule has 0 fully saturated rings. The van der Waals surface area contributed by atoms with Gasteiger partial charge in [-0.25, -0.2) is 0 Å². The maximum Gasteiger partial charge on any atom is 0.260 e. The lowest BCUT2D eigenvalue weighted by Gasteiger charge is -2.14. The third-order valence-electron chi connectivity index (χ3n) is 3.85. The first-order chi connectivity index (χ1) is 11.6. The summed E-state index contributed by atoms with van der Waals surface area (Å²) in [5.74, 6) is 0.554. The van der Waals surface area contributed by atoms with Crippen LogP contribution in [0.5, 0.6) is 11.5 Å². The lowest BCUT2D eigenvalue weighted by molar-refractivity contribution is -0.127. The highest BCUT2D eigenvalue weighted by molar-refractivity contribution is 5.81. The molecule has 0 radical (unpaired) electrons. The van der Waals surface area contributed by atoms with Gasteiger partial charge in [0.05, 0.1) is 0 Å². The van der Waals surface area contributed by atoms with Crippen LogP contribution in [-0.4, -0.2) is 28.6 Å². The van der Waals surface area contributed by atoms with Crippen molar-refractivity contribution < 1.29 is 14.6 Å². The van der Waals surface area contributed by atoms with Gasteiger partial charge in [-0.1, -0.05) is 6.07 Å². The van der Waals surface area contributed by atoms with Crippen LogP contribution in [0.2, 0.25) is 0 Å². The summed E-state index contributed by atoms with van der Waals surface area (Å²) in [5.41, 5.74) is 2.29. The molecule has 0 aliphatic heterocycles. The van der Waals surface area contributed by atoms with Crippen LogP contribution in [0.4, 0.5) is 0 Å². The van der Waals surface area contributed by atoms with Gasteiger partial charge in [-0.3, -0.25) is 4.79 Å². The minimum Gasteiger partial charge on any atom is -0.508 e. The van der Waals surface area contributed by atoms with Crippen LogP contribution < -0.4 is 10.1 Å². The predicted molar refractivity (Wildman–Crippen MR) is 93.2 cm³/mol. The molecule has 24 heavy (non-hydrogen) atoms. The smallest absolute Gasteiger partial charge is 0.260 e. The molecule has 0 saturated carbocycles. The minimum absolute atomic E-state index is 0.161. The lowest BCUT2D eigenvalue weighted by Crippen LogP contribution is -2.37. The van der Waals surface area contributed by atoms with Crippen molar-refractivity contribution in [2.75, 3.05) is 6.54 Å². The Labute approximate surface area is 140 Å². The molecule has 5 nitrogen and oxygen atoms in total. The molecular weight excluding hydrogens is 304 g/mol. The first kappa shape index (κ1) is 15.9. The average Bonchev–Trinajstić information content (AvgIpc) is 3.04. The van der Waals surface area contributed by atoms with Gasteiger partial charge in [-0.05, 0) is 66.8 Å². The SMILES string of the molecule is CC(Oc1ccc(O)cc1)C(=O)NCCc1ccc2[nH]ccc2c1. The third-order valence-corrected chi connectivity index (χ3v) is 3.85. The number of carbonyl (C=O) groups is 1. The zero-order valence-corrected chi connectivity index (χ0v) is 13.5. The number of hydrogen-bond acceptors (Lipinski definition) is 3. The molecule has 0 saturated heterocycles. The molecule has 0 aliphatic rings. The van der Waals surface area contributed by atoms with E-state index in [4.69, 9.17) is 4.74 Å². The zero-order chi connectivity index (χ0) is 16.9. The van der Waals surface area contributed by atoms with E-state index in [2.05, 4.69) is 22.4 Å². The minimum atomic E-state index is -0.596. The summed E-state index contributed by atoms with van der Waals surface area (Å²) in [6, 6.07) is 14.6. The molecule has 1 unspecified atom stereocenters. The number of phenols is 1. The molecule has 1 atom stereocenters. The Hall–Kier alpha value is -2.95. The second-order valence-electron chi connectivity index (χ2n) is 5.69. The fraction of sp³-hybridized carbons (Fsp3) is 0.211. The summed E-state index contributed by atoms with van der Waals surface area (Å²) < 4.78 is 5.55.